The number of amides is 2. The van der Waals surface area contributed by atoms with Crippen LogP contribution >= 0.6 is 0 Å². The lowest BCUT2D eigenvalue weighted by Crippen LogP contribution is -2.54. The SMILES string of the molecule is CNC(=O)c1cccc2cc(Oc3ccnc(NC(=O)c4ccc(N5CC(C)N[C@H](C)C5)cc4OC)c3)ccc12. The first kappa shape index (κ1) is 27.0. The lowest BCUT2D eigenvalue weighted by Gasteiger charge is -2.37. The van der Waals surface area contributed by atoms with Gasteiger partial charge in [-0.2, -0.15) is 0 Å². The Hall–Kier alpha value is -4.63. The molecule has 0 saturated carbocycles. The van der Waals surface area contributed by atoms with E-state index in [4.69, 9.17) is 9.47 Å². The largest absolute Gasteiger partial charge is 0.496 e. The van der Waals surface area contributed by atoms with Crippen molar-refractivity contribution in [2.75, 3.05) is 37.5 Å². The third kappa shape index (κ3) is 5.84. The molecule has 9 nitrogen and oxygen atoms in total. The van der Waals surface area contributed by atoms with Gasteiger partial charge in [0.05, 0.1) is 12.7 Å². The highest BCUT2D eigenvalue weighted by Crippen LogP contribution is 2.30. The zero-order chi connectivity index (χ0) is 28.2. The van der Waals surface area contributed by atoms with Crippen molar-refractivity contribution >= 4 is 34.1 Å². The molecule has 1 fully saturated rings. The van der Waals surface area contributed by atoms with Crippen LogP contribution in [0.1, 0.15) is 34.6 Å². The van der Waals surface area contributed by atoms with Crippen molar-refractivity contribution in [3.8, 4) is 17.2 Å². The van der Waals surface area contributed by atoms with Crippen molar-refractivity contribution in [1.29, 1.82) is 0 Å². The van der Waals surface area contributed by atoms with Gasteiger partial charge in [-0.05, 0) is 67.1 Å². The number of nitrogens with zero attached hydrogens (tertiary/aromatic N) is 2. The molecule has 0 aliphatic carbocycles. The van der Waals surface area contributed by atoms with Gasteiger partial charge in [-0.1, -0.05) is 12.1 Å². The first-order chi connectivity index (χ1) is 19.3. The molecule has 2 amide bonds. The number of hydrogen-bond donors (Lipinski definition) is 3. The summed E-state index contributed by atoms with van der Waals surface area (Å²) in [5.74, 6) is 1.47. The number of fused-ring (bicyclic) bond motifs is 1. The van der Waals surface area contributed by atoms with Gasteiger partial charge in [-0.3, -0.25) is 9.59 Å². The summed E-state index contributed by atoms with van der Waals surface area (Å²) in [7, 11) is 3.17. The van der Waals surface area contributed by atoms with Crippen molar-refractivity contribution in [3.63, 3.8) is 0 Å². The first-order valence-corrected chi connectivity index (χ1v) is 13.2. The van der Waals surface area contributed by atoms with E-state index in [9.17, 15) is 9.59 Å². The van der Waals surface area contributed by atoms with Crippen LogP contribution < -0.4 is 30.3 Å². The average Bonchev–Trinajstić information content (AvgIpc) is 2.95. The molecule has 3 aromatic carbocycles. The third-order valence-corrected chi connectivity index (χ3v) is 6.88. The molecule has 1 unspecified atom stereocenters. The van der Waals surface area contributed by atoms with E-state index in [-0.39, 0.29) is 11.8 Å². The van der Waals surface area contributed by atoms with Gasteiger partial charge in [-0.15, -0.1) is 0 Å². The monoisotopic (exact) mass is 539 g/mol. The second-order valence-corrected chi connectivity index (χ2v) is 9.96. The number of carbonyl (C=O) groups excluding carboxylic acids is 2. The first-order valence-electron chi connectivity index (χ1n) is 13.2. The van der Waals surface area contributed by atoms with Gasteiger partial charge in [-0.25, -0.2) is 4.98 Å². The number of pyridine rings is 1. The van der Waals surface area contributed by atoms with Crippen molar-refractivity contribution in [2.45, 2.75) is 25.9 Å². The van der Waals surface area contributed by atoms with Crippen molar-refractivity contribution in [1.82, 2.24) is 15.6 Å². The number of hydrogen-bond acceptors (Lipinski definition) is 7. The van der Waals surface area contributed by atoms with Crippen LogP contribution in [0.3, 0.4) is 0 Å². The Morgan fingerprint density at radius 2 is 1.70 bits per heavy atom. The van der Waals surface area contributed by atoms with Crippen LogP contribution in [0.5, 0.6) is 17.2 Å². The van der Waals surface area contributed by atoms with Crippen LogP contribution in [0.15, 0.2) is 72.9 Å². The molecule has 9 heteroatoms. The number of piperazine rings is 1. The van der Waals surface area contributed by atoms with Gasteiger partial charge >= 0.3 is 0 Å². The molecule has 0 spiro atoms. The van der Waals surface area contributed by atoms with E-state index in [2.05, 4.69) is 39.7 Å². The molecule has 1 aliphatic rings. The molecule has 3 N–H and O–H groups in total. The Balaban J connectivity index is 1.31. The number of ether oxygens (including phenoxy) is 2. The fourth-order valence-electron chi connectivity index (χ4n) is 5.12. The Morgan fingerprint density at radius 1 is 0.925 bits per heavy atom. The molecule has 0 bridgehead atoms. The lowest BCUT2D eigenvalue weighted by atomic mass is 10.0. The minimum absolute atomic E-state index is 0.145. The van der Waals surface area contributed by atoms with Gasteiger partial charge in [0.25, 0.3) is 11.8 Å². The summed E-state index contributed by atoms with van der Waals surface area (Å²) in [6.07, 6.45) is 1.57. The highest BCUT2D eigenvalue weighted by molar-refractivity contribution is 6.07. The maximum atomic E-state index is 13.2. The van der Waals surface area contributed by atoms with Gasteiger partial charge in [0.2, 0.25) is 0 Å². The number of anilines is 2. The molecule has 206 valence electrons. The molecule has 2 heterocycles. The van der Waals surface area contributed by atoms with Crippen molar-refractivity contribution in [2.24, 2.45) is 0 Å². The molecule has 4 aromatic rings. The lowest BCUT2D eigenvalue weighted by molar-refractivity contribution is 0.0963. The fourth-order valence-corrected chi connectivity index (χ4v) is 5.12. The second-order valence-electron chi connectivity index (χ2n) is 9.96. The number of aromatic nitrogens is 1. The topological polar surface area (TPSA) is 105 Å². The Labute approximate surface area is 233 Å². The molecule has 40 heavy (non-hydrogen) atoms. The van der Waals surface area contributed by atoms with Crippen LogP contribution in [0.4, 0.5) is 11.5 Å². The maximum Gasteiger partial charge on any atom is 0.260 e. The quantitative estimate of drug-likeness (QED) is 0.309. The van der Waals surface area contributed by atoms with E-state index in [0.29, 0.717) is 46.3 Å². The van der Waals surface area contributed by atoms with E-state index < -0.39 is 0 Å². The number of methoxy groups -OCH3 is 1. The van der Waals surface area contributed by atoms with Crippen molar-refractivity contribution < 1.29 is 19.1 Å². The summed E-state index contributed by atoms with van der Waals surface area (Å²) in [5, 5.41) is 10.8. The van der Waals surface area contributed by atoms with Crippen LogP contribution in [-0.2, 0) is 0 Å². The molecule has 1 aromatic heterocycles. The summed E-state index contributed by atoms with van der Waals surface area (Å²) >= 11 is 0. The fraction of sp³-hybridized carbons (Fsp3) is 0.258. The van der Waals surface area contributed by atoms with Crippen LogP contribution in [0, 0.1) is 0 Å². The standard InChI is InChI=1S/C31H33N5O4/c1-19-17-36(18-20(2)34-19)22-8-10-27(28(15-22)39-4)31(38)35-29-16-24(12-13-33-29)40-23-9-11-25-21(14-23)6-5-7-26(25)30(37)32-3/h5-16,19-20,34H,17-18H2,1-4H3,(H,32,37)(H,33,35,38)/t19-,20?/m1/s1. The van der Waals surface area contributed by atoms with Gasteiger partial charge in [0, 0.05) is 61.8 Å². The molecule has 1 saturated heterocycles. The average molecular weight is 540 g/mol. The zero-order valence-electron chi connectivity index (χ0n) is 23.0. The molecular weight excluding hydrogens is 506 g/mol. The normalized spacial score (nSPS) is 16.9. The van der Waals surface area contributed by atoms with E-state index in [1.54, 1.807) is 50.7 Å². The van der Waals surface area contributed by atoms with E-state index in [1.807, 2.05) is 36.4 Å². The number of rotatable bonds is 7. The second kappa shape index (κ2) is 11.6. The summed E-state index contributed by atoms with van der Waals surface area (Å²) in [4.78, 5) is 32.0. The molecular formula is C31H33N5O4. The smallest absolute Gasteiger partial charge is 0.260 e. The summed E-state index contributed by atoms with van der Waals surface area (Å²) < 4.78 is 11.6. The predicted octanol–water partition coefficient (Wildman–Crippen LogP) is 4.83. The Bertz CT molecular complexity index is 1550. The van der Waals surface area contributed by atoms with E-state index >= 15 is 0 Å². The summed E-state index contributed by atoms with van der Waals surface area (Å²) in [5.41, 5.74) is 2.03. The van der Waals surface area contributed by atoms with Gasteiger partial charge in [0.1, 0.15) is 23.1 Å². The number of carbonyl (C=O) groups is 2. The van der Waals surface area contributed by atoms with E-state index in [1.165, 1.54) is 0 Å². The minimum Gasteiger partial charge on any atom is -0.496 e. The van der Waals surface area contributed by atoms with E-state index in [0.717, 1.165) is 29.5 Å². The van der Waals surface area contributed by atoms with Crippen LogP contribution in [-0.4, -0.2) is 56.1 Å². The molecule has 2 atom stereocenters. The maximum absolute atomic E-state index is 13.2. The summed E-state index contributed by atoms with van der Waals surface area (Å²) in [6.45, 7) is 6.08. The summed E-state index contributed by atoms with van der Waals surface area (Å²) in [6, 6.07) is 20.8. The highest BCUT2D eigenvalue weighted by atomic mass is 16.5. The molecule has 5 rings (SSSR count). The molecule has 0 radical (unpaired) electrons. The van der Waals surface area contributed by atoms with Crippen LogP contribution in [0.25, 0.3) is 10.8 Å². The Morgan fingerprint density at radius 3 is 2.45 bits per heavy atom. The molecule has 1 aliphatic heterocycles. The Kier molecular flexibility index (Phi) is 7.84. The van der Waals surface area contributed by atoms with Crippen LogP contribution in [0.2, 0.25) is 0 Å². The van der Waals surface area contributed by atoms with Gasteiger partial charge < -0.3 is 30.3 Å². The third-order valence-electron chi connectivity index (χ3n) is 6.88. The zero-order valence-corrected chi connectivity index (χ0v) is 23.0. The predicted molar refractivity (Wildman–Crippen MR) is 157 cm³/mol. The number of nitrogens with one attached hydrogen (secondary N) is 3. The minimum atomic E-state index is -0.331. The number of benzene rings is 3. The highest BCUT2D eigenvalue weighted by Gasteiger charge is 2.23. The van der Waals surface area contributed by atoms with Gasteiger partial charge in [0.15, 0.2) is 0 Å². The van der Waals surface area contributed by atoms with Crippen molar-refractivity contribution in [3.05, 3.63) is 84.1 Å².